The van der Waals surface area contributed by atoms with E-state index in [4.69, 9.17) is 5.73 Å². The number of aromatic hydroxyl groups is 1. The summed E-state index contributed by atoms with van der Waals surface area (Å²) in [5, 5.41) is 12.7. The van der Waals surface area contributed by atoms with Crippen LogP contribution in [0.2, 0.25) is 0 Å². The van der Waals surface area contributed by atoms with Crippen molar-refractivity contribution >= 4 is 0 Å². The van der Waals surface area contributed by atoms with Crippen LogP contribution in [0.1, 0.15) is 43.7 Å². The van der Waals surface area contributed by atoms with Crippen LogP contribution >= 0.6 is 0 Å². The summed E-state index contributed by atoms with van der Waals surface area (Å²) >= 11 is 0. The maximum Gasteiger partial charge on any atom is 0.271 e. The highest BCUT2D eigenvalue weighted by atomic mass is 16.3. The zero-order valence-electron chi connectivity index (χ0n) is 9.41. The third kappa shape index (κ3) is 2.00. The Morgan fingerprint density at radius 1 is 1.44 bits per heavy atom. The van der Waals surface area contributed by atoms with Crippen molar-refractivity contribution in [3.63, 3.8) is 0 Å². The minimum atomic E-state index is -0.169. The molecule has 0 radical (unpaired) electrons. The van der Waals surface area contributed by atoms with Gasteiger partial charge in [-0.25, -0.2) is 0 Å². The van der Waals surface area contributed by atoms with E-state index in [-0.39, 0.29) is 17.5 Å². The average molecular weight is 225 g/mol. The maximum atomic E-state index is 11.6. The fourth-order valence-corrected chi connectivity index (χ4v) is 2.41. The highest BCUT2D eigenvalue weighted by molar-refractivity contribution is 5.23. The number of nitrogens with zero attached hydrogens (tertiary/aromatic N) is 1. The lowest BCUT2D eigenvalue weighted by Crippen LogP contribution is -2.11. The number of rotatable bonds is 4. The zero-order valence-corrected chi connectivity index (χ0v) is 9.41. The summed E-state index contributed by atoms with van der Waals surface area (Å²) in [5.74, 6) is 0.116. The quantitative estimate of drug-likeness (QED) is 0.711. The van der Waals surface area contributed by atoms with Crippen molar-refractivity contribution in [2.45, 2.75) is 44.6 Å². The number of hydrogen-bond acceptors (Lipinski definition) is 3. The second-order valence-electron chi connectivity index (χ2n) is 4.44. The lowest BCUT2D eigenvalue weighted by atomic mass is 10.2. The highest BCUT2D eigenvalue weighted by Crippen LogP contribution is 2.32. The van der Waals surface area contributed by atoms with Gasteiger partial charge in [0.05, 0.1) is 11.6 Å². The highest BCUT2D eigenvalue weighted by Gasteiger charge is 2.22. The molecule has 0 atom stereocenters. The summed E-state index contributed by atoms with van der Waals surface area (Å²) in [6.45, 7) is 0.535. The van der Waals surface area contributed by atoms with Crippen LogP contribution in [0.25, 0.3) is 0 Å². The lowest BCUT2D eigenvalue weighted by Gasteiger charge is -2.11. The molecule has 0 unspecified atom stereocenters. The average Bonchev–Trinajstić information content (AvgIpc) is 2.86. The van der Waals surface area contributed by atoms with E-state index >= 15 is 0 Å². The van der Waals surface area contributed by atoms with E-state index in [2.05, 4.69) is 5.10 Å². The standard InChI is InChI=1S/C11H19N3O2/c12-7-3-6-9-10(15)13-14(11(9)16)8-4-1-2-5-8/h8,16H,1-7,12H2,(H,13,15). The molecule has 1 heterocycles. The second kappa shape index (κ2) is 4.74. The first-order chi connectivity index (χ1) is 7.74. The third-order valence-electron chi connectivity index (χ3n) is 3.31. The molecule has 0 amide bonds. The summed E-state index contributed by atoms with van der Waals surface area (Å²) in [6, 6.07) is 0.263. The maximum absolute atomic E-state index is 11.6. The Morgan fingerprint density at radius 2 is 2.12 bits per heavy atom. The first-order valence-corrected chi connectivity index (χ1v) is 5.96. The van der Waals surface area contributed by atoms with E-state index in [0.717, 1.165) is 19.3 Å². The van der Waals surface area contributed by atoms with Crippen molar-refractivity contribution in [3.05, 3.63) is 15.9 Å². The predicted octanol–water partition coefficient (Wildman–Crippen LogP) is 0.888. The third-order valence-corrected chi connectivity index (χ3v) is 3.31. The Morgan fingerprint density at radius 3 is 2.75 bits per heavy atom. The Hall–Kier alpha value is -1.23. The molecule has 0 aliphatic heterocycles. The van der Waals surface area contributed by atoms with Gasteiger partial charge < -0.3 is 10.8 Å². The van der Waals surface area contributed by atoms with Crippen molar-refractivity contribution in [2.24, 2.45) is 5.73 Å². The first-order valence-electron chi connectivity index (χ1n) is 5.96. The smallest absolute Gasteiger partial charge is 0.271 e. The summed E-state index contributed by atoms with van der Waals surface area (Å²) in [5.41, 5.74) is 5.72. The number of nitrogens with one attached hydrogen (secondary N) is 1. The van der Waals surface area contributed by atoms with Crippen molar-refractivity contribution in [2.75, 3.05) is 6.54 Å². The van der Waals surface area contributed by atoms with Gasteiger partial charge in [0.15, 0.2) is 0 Å². The van der Waals surface area contributed by atoms with Crippen molar-refractivity contribution in [3.8, 4) is 5.88 Å². The van der Waals surface area contributed by atoms with Gasteiger partial charge in [0.2, 0.25) is 5.88 Å². The van der Waals surface area contributed by atoms with Crippen molar-refractivity contribution in [1.82, 2.24) is 9.78 Å². The molecule has 16 heavy (non-hydrogen) atoms. The van der Waals surface area contributed by atoms with E-state index in [9.17, 15) is 9.90 Å². The van der Waals surface area contributed by atoms with Crippen LogP contribution in [-0.4, -0.2) is 21.4 Å². The molecule has 1 aromatic rings. The number of nitrogens with two attached hydrogens (primary N) is 1. The Balaban J connectivity index is 2.23. The molecule has 0 saturated heterocycles. The largest absolute Gasteiger partial charge is 0.493 e. The van der Waals surface area contributed by atoms with E-state index in [1.807, 2.05) is 0 Å². The molecule has 1 saturated carbocycles. The molecule has 4 N–H and O–H groups in total. The minimum Gasteiger partial charge on any atom is -0.493 e. The Labute approximate surface area is 94.2 Å². The number of H-pyrrole nitrogens is 1. The van der Waals surface area contributed by atoms with Gasteiger partial charge in [-0.3, -0.25) is 14.6 Å². The molecule has 1 aliphatic carbocycles. The van der Waals surface area contributed by atoms with Crippen LogP contribution in [-0.2, 0) is 6.42 Å². The second-order valence-corrected chi connectivity index (χ2v) is 4.44. The fraction of sp³-hybridized carbons (Fsp3) is 0.727. The minimum absolute atomic E-state index is 0.116. The van der Waals surface area contributed by atoms with Crippen LogP contribution < -0.4 is 11.3 Å². The summed E-state index contributed by atoms with van der Waals surface area (Å²) in [7, 11) is 0. The molecule has 2 rings (SSSR count). The SMILES string of the molecule is NCCCc1c(O)n(C2CCCC2)[nH]c1=O. The molecule has 5 nitrogen and oxygen atoms in total. The van der Waals surface area contributed by atoms with Crippen LogP contribution in [0.15, 0.2) is 4.79 Å². The van der Waals surface area contributed by atoms with Crippen LogP contribution in [0.4, 0.5) is 0 Å². The number of aromatic nitrogens is 2. The number of hydrogen-bond donors (Lipinski definition) is 3. The number of aromatic amines is 1. The zero-order chi connectivity index (χ0) is 11.5. The molecule has 90 valence electrons. The fourth-order valence-electron chi connectivity index (χ4n) is 2.41. The first kappa shape index (κ1) is 11.3. The summed E-state index contributed by atoms with van der Waals surface area (Å²) in [6.07, 6.45) is 5.69. The predicted molar refractivity (Wildman–Crippen MR) is 61.6 cm³/mol. The van der Waals surface area contributed by atoms with Gasteiger partial charge in [-0.15, -0.1) is 0 Å². The van der Waals surface area contributed by atoms with Gasteiger partial charge >= 0.3 is 0 Å². The van der Waals surface area contributed by atoms with Crippen LogP contribution in [0, 0.1) is 0 Å². The molecule has 1 aliphatic rings. The lowest BCUT2D eigenvalue weighted by molar-refractivity contribution is 0.353. The molecule has 1 aromatic heterocycles. The van der Waals surface area contributed by atoms with Gasteiger partial charge in [0, 0.05) is 0 Å². The molecular formula is C11H19N3O2. The van der Waals surface area contributed by atoms with Gasteiger partial charge in [0.1, 0.15) is 0 Å². The van der Waals surface area contributed by atoms with Crippen LogP contribution in [0.5, 0.6) is 5.88 Å². The van der Waals surface area contributed by atoms with Crippen LogP contribution in [0.3, 0.4) is 0 Å². The van der Waals surface area contributed by atoms with Gasteiger partial charge in [-0.05, 0) is 32.2 Å². The molecule has 0 bridgehead atoms. The summed E-state index contributed by atoms with van der Waals surface area (Å²) < 4.78 is 1.64. The Kier molecular flexibility index (Phi) is 3.33. The van der Waals surface area contributed by atoms with Gasteiger partial charge in [-0.2, -0.15) is 0 Å². The van der Waals surface area contributed by atoms with Gasteiger partial charge in [0.25, 0.3) is 5.56 Å². The van der Waals surface area contributed by atoms with E-state index in [1.54, 1.807) is 4.68 Å². The van der Waals surface area contributed by atoms with Crippen molar-refractivity contribution < 1.29 is 5.11 Å². The molecule has 1 fully saturated rings. The van der Waals surface area contributed by atoms with Crippen molar-refractivity contribution in [1.29, 1.82) is 0 Å². The topological polar surface area (TPSA) is 84.0 Å². The molecule has 0 aromatic carbocycles. The molecular weight excluding hydrogens is 206 g/mol. The molecule has 5 heteroatoms. The van der Waals surface area contributed by atoms with Gasteiger partial charge in [-0.1, -0.05) is 12.8 Å². The summed E-state index contributed by atoms with van der Waals surface area (Å²) in [4.78, 5) is 11.6. The van der Waals surface area contributed by atoms with E-state index in [0.29, 0.717) is 18.5 Å². The normalized spacial score (nSPS) is 17.1. The Bertz CT molecular complexity index is 402. The monoisotopic (exact) mass is 225 g/mol. The molecule has 0 spiro atoms. The van der Waals surface area contributed by atoms with E-state index < -0.39 is 0 Å². The van der Waals surface area contributed by atoms with E-state index in [1.165, 1.54) is 12.8 Å².